The van der Waals surface area contributed by atoms with Crippen molar-refractivity contribution in [2.45, 2.75) is 82.4 Å². The smallest absolute Gasteiger partial charge is 0.223 e. The van der Waals surface area contributed by atoms with Gasteiger partial charge in [-0.25, -0.2) is 0 Å². The molecule has 4 aliphatic rings. The molecule has 1 aromatic carbocycles. The Labute approximate surface area is 169 Å². The molecule has 1 spiro atoms. The average Bonchev–Trinajstić information content (AvgIpc) is 3.40. The third kappa shape index (κ3) is 3.61. The first-order valence-electron chi connectivity index (χ1n) is 11.5. The van der Waals surface area contributed by atoms with Crippen LogP contribution >= 0.6 is 0 Å². The first-order chi connectivity index (χ1) is 13.7. The molecular formula is C24H34N2O2. The van der Waals surface area contributed by atoms with Crippen molar-refractivity contribution in [2.24, 2.45) is 0 Å². The van der Waals surface area contributed by atoms with Crippen molar-refractivity contribution in [3.8, 4) is 0 Å². The molecule has 0 unspecified atom stereocenters. The van der Waals surface area contributed by atoms with Gasteiger partial charge in [0, 0.05) is 38.2 Å². The standard InChI is InChI=1S/C24H34N2O2/c27-23-9-11-24(26(23)18-22-6-2-15-28-22)10-3-13-25(14-12-24)17-19-7-8-20-4-1-5-21(20)16-19/h7-8,16,22H,1-6,9-15,17-18H2/t22-,24+/m0/s1. The molecular weight excluding hydrogens is 348 g/mol. The van der Waals surface area contributed by atoms with E-state index >= 15 is 0 Å². The maximum Gasteiger partial charge on any atom is 0.223 e. The normalized spacial score (nSPS) is 30.9. The summed E-state index contributed by atoms with van der Waals surface area (Å²) in [4.78, 5) is 17.5. The van der Waals surface area contributed by atoms with Crippen LogP contribution in [0.15, 0.2) is 18.2 Å². The Morgan fingerprint density at radius 1 is 1.00 bits per heavy atom. The molecule has 0 aromatic heterocycles. The van der Waals surface area contributed by atoms with E-state index in [1.165, 1.54) is 31.2 Å². The highest BCUT2D eigenvalue weighted by atomic mass is 16.5. The Kier molecular flexibility index (Phi) is 5.18. The molecule has 0 saturated carbocycles. The quantitative estimate of drug-likeness (QED) is 0.796. The fraction of sp³-hybridized carbons (Fsp3) is 0.708. The molecule has 152 valence electrons. The summed E-state index contributed by atoms with van der Waals surface area (Å²) in [6.07, 6.45) is 11.6. The molecule has 1 aliphatic carbocycles. The molecule has 28 heavy (non-hydrogen) atoms. The second kappa shape index (κ2) is 7.79. The Hall–Kier alpha value is -1.39. The second-order valence-corrected chi connectivity index (χ2v) is 9.45. The molecule has 4 heteroatoms. The van der Waals surface area contributed by atoms with Gasteiger partial charge in [-0.3, -0.25) is 9.69 Å². The van der Waals surface area contributed by atoms with Gasteiger partial charge in [-0.05, 0) is 81.0 Å². The van der Waals surface area contributed by atoms with E-state index in [1.54, 1.807) is 11.1 Å². The van der Waals surface area contributed by atoms with Crippen LogP contribution in [0.5, 0.6) is 0 Å². The summed E-state index contributed by atoms with van der Waals surface area (Å²) in [5.41, 5.74) is 4.70. The van der Waals surface area contributed by atoms with Gasteiger partial charge in [0.05, 0.1) is 6.10 Å². The summed E-state index contributed by atoms with van der Waals surface area (Å²) in [5, 5.41) is 0. The molecule has 5 rings (SSSR count). The lowest BCUT2D eigenvalue weighted by atomic mass is 9.87. The predicted octanol–water partition coefficient (Wildman–Crippen LogP) is 3.70. The molecule has 0 bridgehead atoms. The van der Waals surface area contributed by atoms with E-state index in [1.807, 2.05) is 0 Å². The van der Waals surface area contributed by atoms with Gasteiger partial charge in [0.15, 0.2) is 0 Å². The maximum atomic E-state index is 12.7. The lowest BCUT2D eigenvalue weighted by molar-refractivity contribution is -0.133. The number of aryl methyl sites for hydroxylation is 2. The number of nitrogens with zero attached hydrogens (tertiary/aromatic N) is 2. The van der Waals surface area contributed by atoms with E-state index in [0.29, 0.717) is 5.91 Å². The van der Waals surface area contributed by atoms with Crippen molar-refractivity contribution >= 4 is 5.91 Å². The van der Waals surface area contributed by atoms with Gasteiger partial charge in [0.2, 0.25) is 5.91 Å². The lowest BCUT2D eigenvalue weighted by Gasteiger charge is -2.39. The summed E-state index contributed by atoms with van der Waals surface area (Å²) in [7, 11) is 0. The minimum atomic E-state index is 0.0930. The molecule has 3 heterocycles. The van der Waals surface area contributed by atoms with E-state index < -0.39 is 0 Å². The van der Waals surface area contributed by atoms with Crippen LogP contribution in [0.4, 0.5) is 0 Å². The molecule has 3 aliphatic heterocycles. The van der Waals surface area contributed by atoms with Gasteiger partial charge in [-0.1, -0.05) is 18.2 Å². The highest BCUT2D eigenvalue weighted by Crippen LogP contribution is 2.40. The van der Waals surface area contributed by atoms with Crippen LogP contribution in [-0.2, 0) is 28.9 Å². The fourth-order valence-corrected chi connectivity index (χ4v) is 6.06. The minimum Gasteiger partial charge on any atom is -0.376 e. The minimum absolute atomic E-state index is 0.0930. The molecule has 3 saturated heterocycles. The number of fused-ring (bicyclic) bond motifs is 1. The second-order valence-electron chi connectivity index (χ2n) is 9.45. The summed E-state index contributed by atoms with van der Waals surface area (Å²) in [5.74, 6) is 0.363. The highest BCUT2D eigenvalue weighted by molar-refractivity contribution is 5.79. The third-order valence-corrected chi connectivity index (χ3v) is 7.67. The number of hydrogen-bond donors (Lipinski definition) is 0. The number of amides is 1. The summed E-state index contributed by atoms with van der Waals surface area (Å²) < 4.78 is 5.86. The SMILES string of the molecule is O=C1CC[C@@]2(CCCN(Cc3ccc4c(c3)CCC4)CC2)N1C[C@@H]1CCCO1. The molecule has 1 amide bonds. The molecule has 1 aromatic rings. The van der Waals surface area contributed by atoms with Crippen molar-refractivity contribution in [2.75, 3.05) is 26.2 Å². The van der Waals surface area contributed by atoms with Crippen molar-refractivity contribution in [1.82, 2.24) is 9.80 Å². The van der Waals surface area contributed by atoms with Gasteiger partial charge in [0.1, 0.15) is 0 Å². The molecule has 0 N–H and O–H groups in total. The van der Waals surface area contributed by atoms with E-state index in [9.17, 15) is 4.79 Å². The van der Waals surface area contributed by atoms with Crippen molar-refractivity contribution in [1.29, 1.82) is 0 Å². The third-order valence-electron chi connectivity index (χ3n) is 7.67. The number of benzene rings is 1. The lowest BCUT2D eigenvalue weighted by Crippen LogP contribution is -2.49. The average molecular weight is 383 g/mol. The largest absolute Gasteiger partial charge is 0.376 e. The van der Waals surface area contributed by atoms with E-state index in [4.69, 9.17) is 4.74 Å². The van der Waals surface area contributed by atoms with Gasteiger partial charge in [-0.15, -0.1) is 0 Å². The Balaban J connectivity index is 1.24. The van der Waals surface area contributed by atoms with E-state index in [0.717, 1.165) is 71.3 Å². The van der Waals surface area contributed by atoms with Crippen LogP contribution in [0.25, 0.3) is 0 Å². The highest BCUT2D eigenvalue weighted by Gasteiger charge is 2.46. The van der Waals surface area contributed by atoms with Crippen molar-refractivity contribution in [3.63, 3.8) is 0 Å². The van der Waals surface area contributed by atoms with Crippen LogP contribution < -0.4 is 0 Å². The first-order valence-corrected chi connectivity index (χ1v) is 11.5. The van der Waals surface area contributed by atoms with Gasteiger partial charge in [-0.2, -0.15) is 0 Å². The Morgan fingerprint density at radius 2 is 1.93 bits per heavy atom. The number of likely N-dealkylation sites (tertiary alicyclic amines) is 2. The number of rotatable bonds is 4. The first kappa shape index (κ1) is 18.6. The van der Waals surface area contributed by atoms with E-state index in [-0.39, 0.29) is 11.6 Å². The van der Waals surface area contributed by atoms with Crippen LogP contribution in [0.3, 0.4) is 0 Å². The maximum absolute atomic E-state index is 12.7. The zero-order chi connectivity index (χ0) is 19.0. The molecule has 3 fully saturated rings. The molecule has 2 atom stereocenters. The van der Waals surface area contributed by atoms with Crippen LogP contribution in [0.2, 0.25) is 0 Å². The summed E-state index contributed by atoms with van der Waals surface area (Å²) in [6.45, 7) is 5.01. The predicted molar refractivity (Wildman–Crippen MR) is 110 cm³/mol. The monoisotopic (exact) mass is 382 g/mol. The number of ether oxygens (including phenoxy) is 1. The van der Waals surface area contributed by atoms with Gasteiger partial charge >= 0.3 is 0 Å². The van der Waals surface area contributed by atoms with Gasteiger partial charge in [0.25, 0.3) is 0 Å². The number of carbonyl (C=O) groups excluding carboxylic acids is 1. The fourth-order valence-electron chi connectivity index (χ4n) is 6.06. The van der Waals surface area contributed by atoms with Crippen molar-refractivity contribution in [3.05, 3.63) is 34.9 Å². The summed E-state index contributed by atoms with van der Waals surface area (Å²) >= 11 is 0. The van der Waals surface area contributed by atoms with Crippen LogP contribution in [0.1, 0.15) is 68.1 Å². The summed E-state index contributed by atoms with van der Waals surface area (Å²) in [6, 6.07) is 7.15. The van der Waals surface area contributed by atoms with E-state index in [2.05, 4.69) is 28.0 Å². The molecule has 0 radical (unpaired) electrons. The Morgan fingerprint density at radius 3 is 2.82 bits per heavy atom. The van der Waals surface area contributed by atoms with Gasteiger partial charge < -0.3 is 9.64 Å². The molecule has 4 nitrogen and oxygen atoms in total. The number of carbonyl (C=O) groups is 1. The van der Waals surface area contributed by atoms with Crippen molar-refractivity contribution < 1.29 is 9.53 Å². The van der Waals surface area contributed by atoms with Crippen LogP contribution in [-0.4, -0.2) is 53.6 Å². The zero-order valence-corrected chi connectivity index (χ0v) is 17.1. The number of hydrogen-bond acceptors (Lipinski definition) is 3. The van der Waals surface area contributed by atoms with Crippen LogP contribution in [0, 0.1) is 0 Å². The zero-order valence-electron chi connectivity index (χ0n) is 17.1. The topological polar surface area (TPSA) is 32.8 Å². The Bertz CT molecular complexity index is 727.